The number of ether oxygens (including phenoxy) is 1. The van der Waals surface area contributed by atoms with Crippen molar-refractivity contribution in [2.75, 3.05) is 6.54 Å². The van der Waals surface area contributed by atoms with Crippen molar-refractivity contribution in [2.45, 2.75) is 63.3 Å². The van der Waals surface area contributed by atoms with Crippen LogP contribution in [0.1, 0.15) is 44.1 Å². The summed E-state index contributed by atoms with van der Waals surface area (Å²) in [5, 5.41) is 0.718. The second-order valence-electron chi connectivity index (χ2n) is 6.56. The van der Waals surface area contributed by atoms with Gasteiger partial charge in [-0.3, -0.25) is 4.79 Å². The predicted molar refractivity (Wildman–Crippen MR) is 91.2 cm³/mol. The Morgan fingerprint density at radius 2 is 1.96 bits per heavy atom. The van der Waals surface area contributed by atoms with Gasteiger partial charge in [0.2, 0.25) is 0 Å². The van der Waals surface area contributed by atoms with Gasteiger partial charge in [-0.2, -0.15) is 0 Å². The summed E-state index contributed by atoms with van der Waals surface area (Å²) in [6.07, 6.45) is 5.85. The first-order valence-electron chi connectivity index (χ1n) is 8.58. The van der Waals surface area contributed by atoms with Gasteiger partial charge in [0.1, 0.15) is 6.10 Å². The molecule has 2 fully saturated rings. The van der Waals surface area contributed by atoms with Crippen molar-refractivity contribution >= 4 is 17.5 Å². The Balaban J connectivity index is 1.75. The van der Waals surface area contributed by atoms with Crippen LogP contribution in [0.5, 0.6) is 0 Å². The molecule has 1 amide bonds. The van der Waals surface area contributed by atoms with E-state index in [0.717, 1.165) is 36.3 Å². The van der Waals surface area contributed by atoms with Gasteiger partial charge in [-0.1, -0.05) is 42.6 Å². The standard InChI is InChI=1S/C18H25ClN2O2/c19-16-8-4-1-5-13(16)12-21(14-6-2-3-7-14)18(22)17-10-9-15(11-20)23-17/h1,4-5,8,14-15,17H,2-3,6-7,9-12,20H2/t15-,17+/m1/s1. The normalized spacial score (nSPS) is 25.0. The van der Waals surface area contributed by atoms with Crippen molar-refractivity contribution < 1.29 is 9.53 Å². The van der Waals surface area contributed by atoms with Gasteiger partial charge < -0.3 is 15.4 Å². The molecule has 2 aliphatic rings. The van der Waals surface area contributed by atoms with Crippen LogP contribution < -0.4 is 5.73 Å². The molecule has 3 rings (SSSR count). The molecule has 1 saturated carbocycles. The number of hydrogen-bond acceptors (Lipinski definition) is 3. The van der Waals surface area contributed by atoms with Gasteiger partial charge in [0.05, 0.1) is 6.10 Å². The number of hydrogen-bond donors (Lipinski definition) is 1. The molecule has 2 atom stereocenters. The summed E-state index contributed by atoms with van der Waals surface area (Å²) in [5.41, 5.74) is 6.67. The number of carbonyl (C=O) groups excluding carboxylic acids is 1. The molecule has 0 unspecified atom stereocenters. The number of nitrogens with zero attached hydrogens (tertiary/aromatic N) is 1. The highest BCUT2D eigenvalue weighted by Crippen LogP contribution is 2.30. The smallest absolute Gasteiger partial charge is 0.252 e. The fourth-order valence-corrected chi connectivity index (χ4v) is 3.85. The van der Waals surface area contributed by atoms with E-state index in [-0.39, 0.29) is 18.1 Å². The average molecular weight is 337 g/mol. The summed E-state index contributed by atoms with van der Waals surface area (Å²) < 4.78 is 5.83. The maximum absolute atomic E-state index is 13.0. The number of nitrogens with two attached hydrogens (primary N) is 1. The second kappa shape index (κ2) is 7.65. The van der Waals surface area contributed by atoms with Gasteiger partial charge in [-0.15, -0.1) is 0 Å². The number of benzene rings is 1. The van der Waals surface area contributed by atoms with E-state index < -0.39 is 0 Å². The van der Waals surface area contributed by atoms with Gasteiger partial charge in [0.15, 0.2) is 0 Å². The molecule has 1 aliphatic heterocycles. The monoisotopic (exact) mass is 336 g/mol. The molecule has 1 aliphatic carbocycles. The molecule has 0 radical (unpaired) electrons. The quantitative estimate of drug-likeness (QED) is 0.898. The van der Waals surface area contributed by atoms with Gasteiger partial charge in [-0.25, -0.2) is 0 Å². The van der Waals surface area contributed by atoms with Crippen molar-refractivity contribution in [1.29, 1.82) is 0 Å². The van der Waals surface area contributed by atoms with Crippen LogP contribution in [0.3, 0.4) is 0 Å². The molecule has 1 aromatic rings. The van der Waals surface area contributed by atoms with E-state index in [9.17, 15) is 4.79 Å². The molecule has 2 N–H and O–H groups in total. The zero-order valence-corrected chi connectivity index (χ0v) is 14.2. The zero-order valence-electron chi connectivity index (χ0n) is 13.4. The van der Waals surface area contributed by atoms with Gasteiger partial charge >= 0.3 is 0 Å². The number of rotatable bonds is 5. The maximum Gasteiger partial charge on any atom is 0.252 e. The van der Waals surface area contributed by atoms with E-state index in [1.165, 1.54) is 12.8 Å². The first kappa shape index (κ1) is 16.7. The molecular formula is C18H25ClN2O2. The van der Waals surface area contributed by atoms with Crippen molar-refractivity contribution in [1.82, 2.24) is 4.90 Å². The third kappa shape index (κ3) is 3.87. The Hall–Kier alpha value is -1.10. The third-order valence-electron chi connectivity index (χ3n) is 4.99. The van der Waals surface area contributed by atoms with E-state index in [1.807, 2.05) is 29.2 Å². The van der Waals surface area contributed by atoms with E-state index in [0.29, 0.717) is 19.1 Å². The Morgan fingerprint density at radius 3 is 2.61 bits per heavy atom. The van der Waals surface area contributed by atoms with Crippen molar-refractivity contribution in [3.05, 3.63) is 34.9 Å². The summed E-state index contributed by atoms with van der Waals surface area (Å²) in [6.45, 7) is 1.05. The maximum atomic E-state index is 13.0. The van der Waals surface area contributed by atoms with Crippen molar-refractivity contribution in [3.8, 4) is 0 Å². The Morgan fingerprint density at radius 1 is 1.22 bits per heavy atom. The molecule has 0 aromatic heterocycles. The third-order valence-corrected chi connectivity index (χ3v) is 5.36. The lowest BCUT2D eigenvalue weighted by Gasteiger charge is -2.31. The summed E-state index contributed by atoms with van der Waals surface area (Å²) in [7, 11) is 0. The molecule has 23 heavy (non-hydrogen) atoms. The van der Waals surface area contributed by atoms with E-state index in [4.69, 9.17) is 22.1 Å². The SMILES string of the molecule is NC[C@H]1CC[C@@H](C(=O)N(Cc2ccccc2Cl)C2CCCC2)O1. The summed E-state index contributed by atoms with van der Waals surface area (Å²) in [4.78, 5) is 15.0. The molecule has 0 bridgehead atoms. The summed E-state index contributed by atoms with van der Waals surface area (Å²) in [5.74, 6) is 0.104. The first-order valence-corrected chi connectivity index (χ1v) is 8.96. The van der Waals surface area contributed by atoms with Crippen LogP contribution in [0.4, 0.5) is 0 Å². The minimum absolute atomic E-state index is 0.0229. The minimum atomic E-state index is -0.341. The number of carbonyl (C=O) groups is 1. The van der Waals surface area contributed by atoms with Crippen LogP contribution in [0.25, 0.3) is 0 Å². The highest BCUT2D eigenvalue weighted by atomic mass is 35.5. The minimum Gasteiger partial charge on any atom is -0.364 e. The average Bonchev–Trinajstić information content (AvgIpc) is 3.25. The van der Waals surface area contributed by atoms with Gasteiger partial charge in [-0.05, 0) is 37.3 Å². The predicted octanol–water partition coefficient (Wildman–Crippen LogP) is 3.12. The second-order valence-corrected chi connectivity index (χ2v) is 6.96. The van der Waals surface area contributed by atoms with Crippen LogP contribution in [0, 0.1) is 0 Å². The number of amides is 1. The Bertz CT molecular complexity index is 546. The first-order chi connectivity index (χ1) is 11.2. The Labute approximate surface area is 142 Å². The van der Waals surface area contributed by atoms with Crippen molar-refractivity contribution in [2.24, 2.45) is 5.73 Å². The van der Waals surface area contributed by atoms with E-state index >= 15 is 0 Å². The van der Waals surface area contributed by atoms with Crippen molar-refractivity contribution in [3.63, 3.8) is 0 Å². The van der Waals surface area contributed by atoms with Crippen LogP contribution in [-0.2, 0) is 16.1 Å². The summed E-state index contributed by atoms with van der Waals surface area (Å²) >= 11 is 6.30. The Kier molecular flexibility index (Phi) is 5.57. The lowest BCUT2D eigenvalue weighted by atomic mass is 10.1. The zero-order chi connectivity index (χ0) is 16.2. The molecule has 1 aromatic carbocycles. The molecule has 126 valence electrons. The molecule has 1 saturated heterocycles. The number of halogens is 1. The van der Waals surface area contributed by atoms with Crippen LogP contribution in [0.2, 0.25) is 5.02 Å². The topological polar surface area (TPSA) is 55.6 Å². The van der Waals surface area contributed by atoms with E-state index in [2.05, 4.69) is 0 Å². The lowest BCUT2D eigenvalue weighted by Crippen LogP contribution is -2.44. The van der Waals surface area contributed by atoms with Crippen LogP contribution in [-0.4, -0.2) is 35.6 Å². The fourth-order valence-electron chi connectivity index (χ4n) is 3.66. The molecule has 0 spiro atoms. The fraction of sp³-hybridized carbons (Fsp3) is 0.611. The van der Waals surface area contributed by atoms with Crippen LogP contribution in [0.15, 0.2) is 24.3 Å². The van der Waals surface area contributed by atoms with Crippen LogP contribution >= 0.6 is 11.6 Å². The van der Waals surface area contributed by atoms with Gasteiger partial charge in [0.25, 0.3) is 5.91 Å². The van der Waals surface area contributed by atoms with E-state index in [1.54, 1.807) is 0 Å². The molecule has 5 heteroatoms. The lowest BCUT2D eigenvalue weighted by molar-refractivity contribution is -0.145. The largest absolute Gasteiger partial charge is 0.364 e. The van der Waals surface area contributed by atoms with Gasteiger partial charge in [0, 0.05) is 24.2 Å². The molecule has 4 nitrogen and oxygen atoms in total. The highest BCUT2D eigenvalue weighted by Gasteiger charge is 2.36. The highest BCUT2D eigenvalue weighted by molar-refractivity contribution is 6.31. The summed E-state index contributed by atoms with van der Waals surface area (Å²) in [6, 6.07) is 8.06. The molecular weight excluding hydrogens is 312 g/mol. The molecule has 1 heterocycles.